The average molecular weight is 198 g/mol. The summed E-state index contributed by atoms with van der Waals surface area (Å²) in [6, 6.07) is 0.664. The minimum atomic E-state index is -0.166. The number of nitrogens with one attached hydrogen (secondary N) is 1. The van der Waals surface area contributed by atoms with E-state index in [4.69, 9.17) is 0 Å². The van der Waals surface area contributed by atoms with Crippen LogP contribution in [0.25, 0.3) is 0 Å². The number of carbonyl (C=O) groups is 1. The molecule has 1 saturated heterocycles. The summed E-state index contributed by atoms with van der Waals surface area (Å²) >= 11 is 0. The van der Waals surface area contributed by atoms with Crippen LogP contribution in [0.5, 0.6) is 0 Å². The van der Waals surface area contributed by atoms with Crippen molar-refractivity contribution in [1.29, 1.82) is 0 Å². The lowest BCUT2D eigenvalue weighted by atomic mass is 9.91. The van der Waals surface area contributed by atoms with Gasteiger partial charge in [0.25, 0.3) is 0 Å². The van der Waals surface area contributed by atoms with Crippen LogP contribution in [0, 0.1) is 5.41 Å². The monoisotopic (exact) mass is 198 g/mol. The highest BCUT2D eigenvalue weighted by atomic mass is 16.1. The molecule has 1 N–H and O–H groups in total. The van der Waals surface area contributed by atoms with Crippen molar-refractivity contribution < 1.29 is 4.79 Å². The Balaban J connectivity index is 2.26. The number of rotatable bonds is 5. The molecule has 1 aliphatic rings. The summed E-state index contributed by atoms with van der Waals surface area (Å²) in [5, 5.41) is 3.35. The summed E-state index contributed by atoms with van der Waals surface area (Å²) in [6.45, 7) is 7.24. The van der Waals surface area contributed by atoms with E-state index in [1.54, 1.807) is 0 Å². The van der Waals surface area contributed by atoms with Crippen LogP contribution in [-0.4, -0.2) is 43.9 Å². The van der Waals surface area contributed by atoms with Gasteiger partial charge in [-0.3, -0.25) is 0 Å². The molecule has 3 heteroatoms. The highest BCUT2D eigenvalue weighted by molar-refractivity contribution is 5.57. The predicted octanol–water partition coefficient (Wildman–Crippen LogP) is 0.895. The van der Waals surface area contributed by atoms with Crippen LogP contribution in [0.4, 0.5) is 0 Å². The van der Waals surface area contributed by atoms with Crippen molar-refractivity contribution in [2.75, 3.05) is 26.7 Å². The molecular weight excluding hydrogens is 176 g/mol. The van der Waals surface area contributed by atoms with Gasteiger partial charge in [0.1, 0.15) is 6.29 Å². The maximum Gasteiger partial charge on any atom is 0.125 e. The molecular formula is C11H22N2O. The van der Waals surface area contributed by atoms with Crippen LogP contribution in [0.3, 0.4) is 0 Å². The molecule has 1 unspecified atom stereocenters. The maximum atomic E-state index is 10.7. The molecule has 82 valence electrons. The average Bonchev–Trinajstić information content (AvgIpc) is 2.67. The lowest BCUT2D eigenvalue weighted by molar-refractivity contribution is -0.115. The second-order valence-corrected chi connectivity index (χ2v) is 4.98. The summed E-state index contributed by atoms with van der Waals surface area (Å²) in [6.07, 6.45) is 3.25. The Kier molecular flexibility index (Phi) is 4.08. The molecule has 0 aliphatic carbocycles. The van der Waals surface area contributed by atoms with Crippen molar-refractivity contribution in [3.05, 3.63) is 0 Å². The summed E-state index contributed by atoms with van der Waals surface area (Å²) < 4.78 is 0. The molecule has 1 heterocycles. The van der Waals surface area contributed by atoms with Crippen molar-refractivity contribution in [2.24, 2.45) is 5.41 Å². The number of hydrogen-bond donors (Lipinski definition) is 1. The molecule has 0 saturated carbocycles. The first-order valence-electron chi connectivity index (χ1n) is 5.42. The van der Waals surface area contributed by atoms with Gasteiger partial charge in [-0.25, -0.2) is 0 Å². The second-order valence-electron chi connectivity index (χ2n) is 4.98. The van der Waals surface area contributed by atoms with E-state index in [-0.39, 0.29) is 5.41 Å². The van der Waals surface area contributed by atoms with Crippen LogP contribution in [-0.2, 0) is 4.79 Å². The largest absolute Gasteiger partial charge is 0.315 e. The number of carbonyl (C=O) groups excluding carboxylic acids is 1. The van der Waals surface area contributed by atoms with Crippen LogP contribution < -0.4 is 5.32 Å². The molecule has 14 heavy (non-hydrogen) atoms. The molecule has 3 nitrogen and oxygen atoms in total. The Bertz CT molecular complexity index is 186. The summed E-state index contributed by atoms with van der Waals surface area (Å²) in [7, 11) is 2.15. The van der Waals surface area contributed by atoms with Gasteiger partial charge in [0.15, 0.2) is 0 Å². The Labute approximate surface area is 86.9 Å². The number of aldehydes is 1. The first-order chi connectivity index (χ1) is 6.55. The van der Waals surface area contributed by atoms with Crippen molar-refractivity contribution in [3.63, 3.8) is 0 Å². The Morgan fingerprint density at radius 1 is 1.57 bits per heavy atom. The summed E-state index contributed by atoms with van der Waals surface area (Å²) in [4.78, 5) is 13.1. The minimum absolute atomic E-state index is 0.166. The van der Waals surface area contributed by atoms with E-state index in [0.717, 1.165) is 32.3 Å². The topological polar surface area (TPSA) is 32.3 Å². The van der Waals surface area contributed by atoms with E-state index in [2.05, 4.69) is 17.3 Å². The third kappa shape index (κ3) is 3.39. The fraction of sp³-hybridized carbons (Fsp3) is 0.909. The lowest BCUT2D eigenvalue weighted by Gasteiger charge is -2.26. The van der Waals surface area contributed by atoms with E-state index in [9.17, 15) is 4.79 Å². The Morgan fingerprint density at radius 3 is 2.79 bits per heavy atom. The quantitative estimate of drug-likeness (QED) is 0.666. The third-order valence-corrected chi connectivity index (χ3v) is 3.09. The summed E-state index contributed by atoms with van der Waals surface area (Å²) in [5.41, 5.74) is -0.166. The molecule has 0 aromatic heterocycles. The first kappa shape index (κ1) is 11.7. The SMILES string of the molecule is CN(CCC(C)(C)C=O)C1CCNC1. The fourth-order valence-corrected chi connectivity index (χ4v) is 1.72. The predicted molar refractivity (Wildman–Crippen MR) is 58.4 cm³/mol. The molecule has 1 rings (SSSR count). The zero-order chi connectivity index (χ0) is 10.6. The van der Waals surface area contributed by atoms with Crippen LogP contribution >= 0.6 is 0 Å². The molecule has 1 fully saturated rings. The Morgan fingerprint density at radius 2 is 2.29 bits per heavy atom. The van der Waals surface area contributed by atoms with E-state index in [1.165, 1.54) is 6.42 Å². The molecule has 0 spiro atoms. The van der Waals surface area contributed by atoms with Gasteiger partial charge in [0.2, 0.25) is 0 Å². The number of hydrogen-bond acceptors (Lipinski definition) is 3. The fourth-order valence-electron chi connectivity index (χ4n) is 1.72. The third-order valence-electron chi connectivity index (χ3n) is 3.09. The highest BCUT2D eigenvalue weighted by Gasteiger charge is 2.22. The van der Waals surface area contributed by atoms with Crippen LogP contribution in [0.1, 0.15) is 26.7 Å². The minimum Gasteiger partial charge on any atom is -0.315 e. The maximum absolute atomic E-state index is 10.7. The van der Waals surface area contributed by atoms with Gasteiger partial charge in [0.05, 0.1) is 0 Å². The van der Waals surface area contributed by atoms with E-state index >= 15 is 0 Å². The number of likely N-dealkylation sites (N-methyl/N-ethyl adjacent to an activating group) is 1. The van der Waals surface area contributed by atoms with Gasteiger partial charge in [-0.1, -0.05) is 13.8 Å². The molecule has 0 bridgehead atoms. The van der Waals surface area contributed by atoms with Gasteiger partial charge >= 0.3 is 0 Å². The second kappa shape index (κ2) is 4.89. The smallest absolute Gasteiger partial charge is 0.125 e. The van der Waals surface area contributed by atoms with Gasteiger partial charge in [-0.15, -0.1) is 0 Å². The zero-order valence-corrected chi connectivity index (χ0v) is 9.55. The summed E-state index contributed by atoms with van der Waals surface area (Å²) in [5.74, 6) is 0. The van der Waals surface area contributed by atoms with E-state index < -0.39 is 0 Å². The zero-order valence-electron chi connectivity index (χ0n) is 9.55. The first-order valence-corrected chi connectivity index (χ1v) is 5.42. The molecule has 0 amide bonds. The van der Waals surface area contributed by atoms with Crippen LogP contribution in [0.2, 0.25) is 0 Å². The van der Waals surface area contributed by atoms with Gasteiger partial charge < -0.3 is 15.0 Å². The number of nitrogens with zero attached hydrogens (tertiary/aromatic N) is 1. The van der Waals surface area contributed by atoms with Gasteiger partial charge in [0, 0.05) is 18.0 Å². The van der Waals surface area contributed by atoms with Gasteiger partial charge in [-0.05, 0) is 33.0 Å². The highest BCUT2D eigenvalue weighted by Crippen LogP contribution is 2.18. The van der Waals surface area contributed by atoms with Crippen LogP contribution in [0.15, 0.2) is 0 Å². The van der Waals surface area contributed by atoms with Crippen molar-refractivity contribution in [3.8, 4) is 0 Å². The lowest BCUT2D eigenvalue weighted by Crippen LogP contribution is -2.36. The van der Waals surface area contributed by atoms with Crippen molar-refractivity contribution >= 4 is 6.29 Å². The normalized spacial score (nSPS) is 23.0. The Hall–Kier alpha value is -0.410. The standard InChI is InChI=1S/C11H22N2O/c1-11(2,9-14)5-7-13(3)10-4-6-12-8-10/h9-10,12H,4-8H2,1-3H3. The molecule has 0 radical (unpaired) electrons. The molecule has 0 aromatic rings. The van der Waals surface area contributed by atoms with Gasteiger partial charge in [-0.2, -0.15) is 0 Å². The van der Waals surface area contributed by atoms with Crippen molar-refractivity contribution in [2.45, 2.75) is 32.7 Å². The van der Waals surface area contributed by atoms with Crippen molar-refractivity contribution in [1.82, 2.24) is 10.2 Å². The van der Waals surface area contributed by atoms with E-state index in [0.29, 0.717) is 6.04 Å². The molecule has 1 atom stereocenters. The van der Waals surface area contributed by atoms with E-state index in [1.807, 2.05) is 13.8 Å². The molecule has 0 aromatic carbocycles. The molecule has 1 aliphatic heterocycles.